The molecule has 0 unspecified atom stereocenters. The van der Waals surface area contributed by atoms with E-state index in [4.69, 9.17) is 11.0 Å². The third kappa shape index (κ3) is 2.39. The summed E-state index contributed by atoms with van der Waals surface area (Å²) in [5.41, 5.74) is 5.91. The summed E-state index contributed by atoms with van der Waals surface area (Å²) in [6.45, 7) is 0. The van der Waals surface area contributed by atoms with Gasteiger partial charge >= 0.3 is 0 Å². The molecule has 1 aliphatic rings. The van der Waals surface area contributed by atoms with Gasteiger partial charge in [-0.3, -0.25) is 0 Å². The summed E-state index contributed by atoms with van der Waals surface area (Å²) in [6.07, 6.45) is 6.16. The molecule has 0 aliphatic heterocycles. The number of nitriles is 1. The summed E-state index contributed by atoms with van der Waals surface area (Å²) >= 11 is 1.61. The first-order valence-electron chi connectivity index (χ1n) is 4.82. The molecule has 0 atom stereocenters. The van der Waals surface area contributed by atoms with Crippen molar-refractivity contribution < 1.29 is 0 Å². The van der Waals surface area contributed by atoms with Gasteiger partial charge in [0, 0.05) is 24.6 Å². The first kappa shape index (κ1) is 10.2. The number of nitrogens with two attached hydrogens (primary N) is 1. The zero-order chi connectivity index (χ0) is 10.7. The van der Waals surface area contributed by atoms with Crippen LogP contribution in [0.4, 0.5) is 5.82 Å². The molecule has 78 valence electrons. The largest absolute Gasteiger partial charge is 0.381 e. The molecule has 1 aliphatic carbocycles. The van der Waals surface area contributed by atoms with Gasteiger partial charge in [-0.15, -0.1) is 11.8 Å². The van der Waals surface area contributed by atoms with Gasteiger partial charge < -0.3 is 5.73 Å². The summed E-state index contributed by atoms with van der Waals surface area (Å²) in [6, 6.07) is 2.24. The molecule has 1 aromatic heterocycles. The van der Waals surface area contributed by atoms with Crippen molar-refractivity contribution in [1.82, 2.24) is 9.97 Å². The van der Waals surface area contributed by atoms with Crippen LogP contribution in [0.3, 0.4) is 0 Å². The Labute approximate surface area is 92.9 Å². The number of hydrogen-bond acceptors (Lipinski definition) is 5. The minimum Gasteiger partial charge on any atom is -0.381 e. The lowest BCUT2D eigenvalue weighted by Crippen LogP contribution is -2.04. The predicted molar refractivity (Wildman–Crippen MR) is 59.1 cm³/mol. The van der Waals surface area contributed by atoms with E-state index in [1.165, 1.54) is 0 Å². The maximum absolute atomic E-state index is 8.68. The number of nitrogens with zero attached hydrogens (tertiary/aromatic N) is 3. The molecule has 0 spiro atoms. The van der Waals surface area contributed by atoms with Crippen LogP contribution in [-0.2, 0) is 0 Å². The van der Waals surface area contributed by atoms with Crippen LogP contribution >= 0.6 is 11.8 Å². The van der Waals surface area contributed by atoms with Crippen LogP contribution < -0.4 is 5.73 Å². The molecule has 5 heteroatoms. The molecule has 15 heavy (non-hydrogen) atoms. The average molecular weight is 220 g/mol. The van der Waals surface area contributed by atoms with Gasteiger partial charge in [0.15, 0.2) is 5.82 Å². The quantitative estimate of drug-likeness (QED) is 0.783. The molecule has 0 amide bonds. The SMILES string of the molecule is N#CCC1(CSc2nccnc2N)CC1. The van der Waals surface area contributed by atoms with Gasteiger partial charge in [-0.1, -0.05) is 0 Å². The standard InChI is InChI=1S/C10H12N4S/c11-4-3-10(1-2-10)7-15-9-8(12)13-5-6-14-9/h5-6H,1-3,7H2,(H2,12,13). The molecule has 4 nitrogen and oxygen atoms in total. The number of anilines is 1. The molecule has 0 bridgehead atoms. The molecule has 1 saturated carbocycles. The van der Waals surface area contributed by atoms with Crippen molar-refractivity contribution in [3.63, 3.8) is 0 Å². The topological polar surface area (TPSA) is 75.6 Å². The highest BCUT2D eigenvalue weighted by molar-refractivity contribution is 7.99. The minimum absolute atomic E-state index is 0.226. The lowest BCUT2D eigenvalue weighted by atomic mass is 10.1. The first-order chi connectivity index (χ1) is 7.26. The van der Waals surface area contributed by atoms with Crippen molar-refractivity contribution >= 4 is 17.6 Å². The van der Waals surface area contributed by atoms with Gasteiger partial charge in [-0.25, -0.2) is 9.97 Å². The average Bonchev–Trinajstić information content (AvgIpc) is 2.98. The molecule has 1 aromatic rings. The maximum Gasteiger partial charge on any atom is 0.156 e. The second-order valence-electron chi connectivity index (χ2n) is 3.87. The molecular formula is C10H12N4S. The number of thioether (sulfide) groups is 1. The van der Waals surface area contributed by atoms with Gasteiger partial charge in [0.05, 0.1) is 6.07 Å². The minimum atomic E-state index is 0.226. The van der Waals surface area contributed by atoms with Crippen LogP contribution in [-0.4, -0.2) is 15.7 Å². The molecule has 0 aromatic carbocycles. The van der Waals surface area contributed by atoms with Crippen molar-refractivity contribution in [2.45, 2.75) is 24.3 Å². The van der Waals surface area contributed by atoms with Crippen molar-refractivity contribution in [2.24, 2.45) is 5.41 Å². The third-order valence-corrected chi connectivity index (χ3v) is 3.96. The van der Waals surface area contributed by atoms with Crippen LogP contribution in [0.1, 0.15) is 19.3 Å². The Bertz CT molecular complexity index is 395. The van der Waals surface area contributed by atoms with Crippen LogP contribution in [0.2, 0.25) is 0 Å². The molecule has 1 fully saturated rings. The second-order valence-corrected chi connectivity index (χ2v) is 4.83. The molecule has 2 rings (SSSR count). The Balaban J connectivity index is 1.94. The Morgan fingerprint density at radius 3 is 2.80 bits per heavy atom. The third-order valence-electron chi connectivity index (χ3n) is 2.62. The molecule has 0 saturated heterocycles. The van der Waals surface area contributed by atoms with E-state index in [-0.39, 0.29) is 5.41 Å². The van der Waals surface area contributed by atoms with Crippen molar-refractivity contribution in [2.75, 3.05) is 11.5 Å². The van der Waals surface area contributed by atoms with Crippen molar-refractivity contribution in [3.05, 3.63) is 12.4 Å². The van der Waals surface area contributed by atoms with Crippen LogP contribution in [0.15, 0.2) is 17.4 Å². The summed E-state index contributed by atoms with van der Waals surface area (Å²) < 4.78 is 0. The highest BCUT2D eigenvalue weighted by atomic mass is 32.2. The first-order valence-corrected chi connectivity index (χ1v) is 5.81. The smallest absolute Gasteiger partial charge is 0.156 e. The fourth-order valence-corrected chi connectivity index (χ4v) is 2.55. The maximum atomic E-state index is 8.68. The van der Waals surface area contributed by atoms with E-state index in [0.717, 1.165) is 23.6 Å². The monoisotopic (exact) mass is 220 g/mol. The number of rotatable bonds is 4. The van der Waals surface area contributed by atoms with E-state index >= 15 is 0 Å². The lowest BCUT2D eigenvalue weighted by molar-refractivity contribution is 0.604. The Morgan fingerprint density at radius 2 is 2.20 bits per heavy atom. The fraction of sp³-hybridized carbons (Fsp3) is 0.500. The Hall–Kier alpha value is -1.28. The summed E-state index contributed by atoms with van der Waals surface area (Å²) in [7, 11) is 0. The summed E-state index contributed by atoms with van der Waals surface area (Å²) in [5.74, 6) is 1.40. The number of aromatic nitrogens is 2. The van der Waals surface area contributed by atoms with Crippen LogP contribution in [0.25, 0.3) is 0 Å². The normalized spacial score (nSPS) is 17.0. The van der Waals surface area contributed by atoms with E-state index in [0.29, 0.717) is 12.2 Å². The molecule has 2 N–H and O–H groups in total. The predicted octanol–water partition coefficient (Wildman–Crippen LogP) is 1.84. The molecule has 0 radical (unpaired) electrons. The van der Waals surface area contributed by atoms with Crippen LogP contribution in [0, 0.1) is 16.7 Å². The van der Waals surface area contributed by atoms with E-state index < -0.39 is 0 Å². The van der Waals surface area contributed by atoms with Gasteiger partial charge in [0.25, 0.3) is 0 Å². The van der Waals surface area contributed by atoms with Crippen LogP contribution in [0.5, 0.6) is 0 Å². The Kier molecular flexibility index (Phi) is 2.78. The highest BCUT2D eigenvalue weighted by Crippen LogP contribution is 2.51. The van der Waals surface area contributed by atoms with Gasteiger partial charge in [-0.2, -0.15) is 5.26 Å². The van der Waals surface area contributed by atoms with Gasteiger partial charge in [0.1, 0.15) is 5.03 Å². The molecule has 1 heterocycles. The van der Waals surface area contributed by atoms with E-state index in [9.17, 15) is 0 Å². The molecular weight excluding hydrogens is 208 g/mol. The second kappa shape index (κ2) is 4.07. The number of hydrogen-bond donors (Lipinski definition) is 1. The van der Waals surface area contributed by atoms with Crippen molar-refractivity contribution in [1.29, 1.82) is 5.26 Å². The van der Waals surface area contributed by atoms with E-state index in [1.54, 1.807) is 24.2 Å². The van der Waals surface area contributed by atoms with E-state index in [1.807, 2.05) is 0 Å². The zero-order valence-corrected chi connectivity index (χ0v) is 9.13. The van der Waals surface area contributed by atoms with E-state index in [2.05, 4.69) is 16.0 Å². The summed E-state index contributed by atoms with van der Waals surface area (Å²) in [5, 5.41) is 9.46. The number of nitrogen functional groups attached to an aromatic ring is 1. The Morgan fingerprint density at radius 1 is 1.47 bits per heavy atom. The van der Waals surface area contributed by atoms with Gasteiger partial charge in [0.2, 0.25) is 0 Å². The van der Waals surface area contributed by atoms with Crippen molar-refractivity contribution in [3.8, 4) is 6.07 Å². The lowest BCUT2D eigenvalue weighted by Gasteiger charge is -2.09. The van der Waals surface area contributed by atoms with Gasteiger partial charge in [-0.05, 0) is 18.3 Å². The fourth-order valence-electron chi connectivity index (χ4n) is 1.39. The zero-order valence-electron chi connectivity index (χ0n) is 8.31. The highest BCUT2D eigenvalue weighted by Gasteiger charge is 2.42. The summed E-state index contributed by atoms with van der Waals surface area (Å²) in [4.78, 5) is 8.14.